The number of carbonyl (C=O) groups excluding carboxylic acids is 2. The first kappa shape index (κ1) is 26.9. The summed E-state index contributed by atoms with van der Waals surface area (Å²) in [6, 6.07) is 22.8. The van der Waals surface area contributed by atoms with Crippen molar-refractivity contribution < 1.29 is 14.3 Å². The molecule has 0 fully saturated rings. The summed E-state index contributed by atoms with van der Waals surface area (Å²) in [7, 11) is 0. The van der Waals surface area contributed by atoms with Crippen molar-refractivity contribution in [2.45, 2.75) is 57.8 Å². The van der Waals surface area contributed by atoms with Crippen molar-refractivity contribution in [1.29, 1.82) is 0 Å². The number of pyridine rings is 1. The van der Waals surface area contributed by atoms with E-state index >= 15 is 0 Å². The molecule has 0 aliphatic heterocycles. The van der Waals surface area contributed by atoms with Gasteiger partial charge in [0, 0.05) is 31.5 Å². The van der Waals surface area contributed by atoms with Gasteiger partial charge in [0.15, 0.2) is 0 Å². The Morgan fingerprint density at radius 3 is 2.06 bits per heavy atom. The first-order valence-electron chi connectivity index (χ1n) is 12.3. The third-order valence-corrected chi connectivity index (χ3v) is 5.45. The molecule has 0 saturated heterocycles. The van der Waals surface area contributed by atoms with Gasteiger partial charge in [-0.2, -0.15) is 0 Å². The van der Waals surface area contributed by atoms with Gasteiger partial charge in [-0.1, -0.05) is 66.7 Å². The molecule has 190 valence electrons. The van der Waals surface area contributed by atoms with Gasteiger partial charge in [-0.3, -0.25) is 9.78 Å². The summed E-state index contributed by atoms with van der Waals surface area (Å²) in [6.07, 6.45) is 4.08. The van der Waals surface area contributed by atoms with Crippen molar-refractivity contribution in [3.05, 3.63) is 102 Å². The van der Waals surface area contributed by atoms with Crippen LogP contribution in [0.15, 0.2) is 85.2 Å². The van der Waals surface area contributed by atoms with Crippen LogP contribution >= 0.6 is 0 Å². The summed E-state index contributed by atoms with van der Waals surface area (Å²) in [5, 5.41) is 9.38. The molecule has 1 heterocycles. The highest BCUT2D eigenvalue weighted by atomic mass is 16.6. The van der Waals surface area contributed by atoms with Gasteiger partial charge in [0.2, 0.25) is 5.91 Å². The van der Waals surface area contributed by atoms with Crippen LogP contribution in [-0.4, -0.2) is 41.2 Å². The minimum absolute atomic E-state index is 0.113. The molecule has 0 spiro atoms. The lowest BCUT2D eigenvalue weighted by molar-refractivity contribution is -0.123. The highest BCUT2D eigenvalue weighted by molar-refractivity contribution is 5.82. The molecule has 0 aliphatic rings. The summed E-state index contributed by atoms with van der Waals surface area (Å²) >= 11 is 0. The van der Waals surface area contributed by atoms with Gasteiger partial charge in [0.25, 0.3) is 0 Å². The fourth-order valence-corrected chi connectivity index (χ4v) is 3.75. The zero-order chi connectivity index (χ0) is 25.8. The molecule has 3 aromatic rings. The van der Waals surface area contributed by atoms with Gasteiger partial charge in [0.1, 0.15) is 5.60 Å². The fraction of sp³-hybridized carbons (Fsp3) is 0.345. The Labute approximate surface area is 213 Å². The molecule has 2 amide bonds. The minimum atomic E-state index is -0.600. The van der Waals surface area contributed by atoms with Crippen molar-refractivity contribution in [3.8, 4) is 0 Å². The molecule has 3 rings (SSSR count). The number of amides is 2. The lowest BCUT2D eigenvalue weighted by Crippen LogP contribution is -2.52. The molecule has 7 heteroatoms. The summed E-state index contributed by atoms with van der Waals surface area (Å²) < 4.78 is 5.48. The van der Waals surface area contributed by atoms with Crippen molar-refractivity contribution in [1.82, 2.24) is 20.9 Å². The monoisotopic (exact) mass is 488 g/mol. The van der Waals surface area contributed by atoms with E-state index in [9.17, 15) is 9.59 Å². The summed E-state index contributed by atoms with van der Waals surface area (Å²) in [5.41, 5.74) is 2.46. The number of aromatic nitrogens is 1. The number of carbonyl (C=O) groups is 2. The largest absolute Gasteiger partial charge is 0.444 e. The zero-order valence-corrected chi connectivity index (χ0v) is 21.2. The van der Waals surface area contributed by atoms with Crippen LogP contribution in [0.4, 0.5) is 4.79 Å². The SMILES string of the molecule is CC(C)(C)OC(=O)N[C@H](CN[C@H](Cc1ccccc1)C(=O)NCc1cccnc1)Cc1ccccc1. The van der Waals surface area contributed by atoms with Crippen molar-refractivity contribution in [3.63, 3.8) is 0 Å². The molecule has 3 N–H and O–H groups in total. The van der Waals surface area contributed by atoms with Crippen molar-refractivity contribution in [2.75, 3.05) is 6.54 Å². The first-order valence-corrected chi connectivity index (χ1v) is 12.3. The molecule has 2 atom stereocenters. The Morgan fingerprint density at radius 2 is 1.47 bits per heavy atom. The molecule has 36 heavy (non-hydrogen) atoms. The maximum Gasteiger partial charge on any atom is 0.407 e. The molecule has 0 aliphatic carbocycles. The topological polar surface area (TPSA) is 92.4 Å². The number of benzene rings is 2. The molecular weight excluding hydrogens is 452 g/mol. The minimum Gasteiger partial charge on any atom is -0.444 e. The highest BCUT2D eigenvalue weighted by Gasteiger charge is 2.23. The maximum atomic E-state index is 13.2. The molecule has 2 aromatic carbocycles. The van der Waals surface area contributed by atoms with Crippen LogP contribution in [0.2, 0.25) is 0 Å². The predicted molar refractivity (Wildman–Crippen MR) is 141 cm³/mol. The average Bonchev–Trinajstić information content (AvgIpc) is 2.85. The second-order valence-electron chi connectivity index (χ2n) is 9.76. The molecular formula is C29H36N4O3. The number of nitrogens with one attached hydrogen (secondary N) is 3. The van der Waals surface area contributed by atoms with Crippen LogP contribution in [0.5, 0.6) is 0 Å². The van der Waals surface area contributed by atoms with Crippen LogP contribution < -0.4 is 16.0 Å². The van der Waals surface area contributed by atoms with Gasteiger partial charge < -0.3 is 20.7 Å². The molecule has 0 radical (unpaired) electrons. The Morgan fingerprint density at radius 1 is 0.861 bits per heavy atom. The third kappa shape index (κ3) is 9.88. The number of ether oxygens (including phenoxy) is 1. The first-order chi connectivity index (χ1) is 17.3. The van der Waals surface area contributed by atoms with Crippen LogP contribution in [0.1, 0.15) is 37.5 Å². The van der Waals surface area contributed by atoms with Gasteiger partial charge in [-0.05, 0) is 56.4 Å². The highest BCUT2D eigenvalue weighted by Crippen LogP contribution is 2.10. The van der Waals surface area contributed by atoms with Gasteiger partial charge >= 0.3 is 6.09 Å². The molecule has 1 aromatic heterocycles. The van der Waals surface area contributed by atoms with Crippen LogP contribution in [0.3, 0.4) is 0 Å². The maximum absolute atomic E-state index is 13.2. The Balaban J connectivity index is 1.70. The number of hydrogen-bond donors (Lipinski definition) is 3. The second kappa shape index (κ2) is 13.4. The predicted octanol–water partition coefficient (Wildman–Crippen LogP) is 4.03. The summed E-state index contributed by atoms with van der Waals surface area (Å²) in [6.45, 7) is 6.29. The van der Waals surface area contributed by atoms with Crippen LogP contribution in [0.25, 0.3) is 0 Å². The van der Waals surface area contributed by atoms with E-state index in [-0.39, 0.29) is 11.9 Å². The van der Waals surface area contributed by atoms with E-state index in [0.29, 0.717) is 25.9 Å². The fourth-order valence-electron chi connectivity index (χ4n) is 3.75. The lowest BCUT2D eigenvalue weighted by Gasteiger charge is -2.26. The van der Waals surface area contributed by atoms with E-state index in [4.69, 9.17) is 4.74 Å². The van der Waals surface area contributed by atoms with E-state index in [1.54, 1.807) is 12.4 Å². The molecule has 0 unspecified atom stereocenters. The van der Waals surface area contributed by atoms with Gasteiger partial charge in [0.05, 0.1) is 6.04 Å². The molecule has 0 bridgehead atoms. The molecule has 7 nitrogen and oxygen atoms in total. The van der Waals surface area contributed by atoms with E-state index in [2.05, 4.69) is 20.9 Å². The normalized spacial score (nSPS) is 12.9. The number of hydrogen-bond acceptors (Lipinski definition) is 5. The average molecular weight is 489 g/mol. The second-order valence-corrected chi connectivity index (χ2v) is 9.76. The smallest absolute Gasteiger partial charge is 0.407 e. The third-order valence-electron chi connectivity index (χ3n) is 5.45. The summed E-state index contributed by atoms with van der Waals surface area (Å²) in [4.78, 5) is 29.8. The van der Waals surface area contributed by atoms with Crippen LogP contribution in [0, 0.1) is 0 Å². The van der Waals surface area contributed by atoms with E-state index in [1.807, 2.05) is 93.6 Å². The van der Waals surface area contributed by atoms with E-state index in [1.165, 1.54) is 0 Å². The number of nitrogens with zero attached hydrogens (tertiary/aromatic N) is 1. The van der Waals surface area contributed by atoms with E-state index in [0.717, 1.165) is 16.7 Å². The van der Waals surface area contributed by atoms with Crippen LogP contribution in [-0.2, 0) is 28.9 Å². The Hall–Kier alpha value is -3.71. The Kier molecular flexibility index (Phi) is 10.0. The zero-order valence-electron chi connectivity index (χ0n) is 21.2. The standard InChI is InChI=1S/C29H36N4O3/c1-29(2,3)36-28(35)33-25(17-22-11-6-4-7-12-22)21-31-26(18-23-13-8-5-9-14-23)27(34)32-20-24-15-10-16-30-19-24/h4-16,19,25-26,31H,17-18,20-21H2,1-3H3,(H,32,34)(H,33,35)/t25-,26+/m0/s1. The lowest BCUT2D eigenvalue weighted by atomic mass is 10.0. The van der Waals surface area contributed by atoms with Crippen molar-refractivity contribution in [2.24, 2.45) is 0 Å². The van der Waals surface area contributed by atoms with Gasteiger partial charge in [-0.25, -0.2) is 4.79 Å². The number of rotatable bonds is 11. The number of alkyl carbamates (subject to hydrolysis) is 1. The van der Waals surface area contributed by atoms with Crippen molar-refractivity contribution >= 4 is 12.0 Å². The Bertz CT molecular complexity index is 1070. The van der Waals surface area contributed by atoms with Gasteiger partial charge in [-0.15, -0.1) is 0 Å². The molecule has 0 saturated carbocycles. The summed E-state index contributed by atoms with van der Waals surface area (Å²) in [5.74, 6) is -0.113. The van der Waals surface area contributed by atoms with E-state index < -0.39 is 17.7 Å². The quantitative estimate of drug-likeness (QED) is 0.379.